The van der Waals surface area contributed by atoms with Gasteiger partial charge in [-0.1, -0.05) is 65.7 Å². The van der Waals surface area contributed by atoms with Gasteiger partial charge in [0.15, 0.2) is 11.5 Å². The Bertz CT molecular complexity index is 1090. The molecule has 1 aliphatic heterocycles. The Hall–Kier alpha value is -2.17. The van der Waals surface area contributed by atoms with Crippen molar-refractivity contribution in [3.63, 3.8) is 0 Å². The number of rotatable bonds is 6. The lowest BCUT2D eigenvalue weighted by Crippen LogP contribution is -2.37. The Morgan fingerprint density at radius 2 is 1.72 bits per heavy atom. The Balaban J connectivity index is 0.00000289. The smallest absolute Gasteiger partial charge is 0.161 e. The zero-order chi connectivity index (χ0) is 21.8. The quantitative estimate of drug-likeness (QED) is 0.371. The second-order valence-electron chi connectivity index (χ2n) is 7.59. The van der Waals surface area contributed by atoms with Crippen LogP contribution in [0.2, 0.25) is 5.02 Å². The van der Waals surface area contributed by atoms with Crippen molar-refractivity contribution in [2.75, 3.05) is 27.3 Å². The number of fused-ring (bicyclic) bond motifs is 1. The van der Waals surface area contributed by atoms with Crippen LogP contribution >= 0.6 is 35.6 Å². The first-order chi connectivity index (χ1) is 15.1. The molecule has 4 rings (SSSR count). The molecule has 1 atom stereocenters. The van der Waals surface area contributed by atoms with Crippen LogP contribution in [0.1, 0.15) is 28.3 Å². The highest BCUT2D eigenvalue weighted by atomic mass is 35.5. The van der Waals surface area contributed by atoms with Crippen molar-refractivity contribution in [2.24, 2.45) is 0 Å². The molecule has 0 aliphatic carbocycles. The maximum absolute atomic E-state index is 6.71. The van der Waals surface area contributed by atoms with E-state index in [1.807, 2.05) is 42.5 Å². The van der Waals surface area contributed by atoms with Crippen LogP contribution in [0.15, 0.2) is 71.8 Å². The van der Waals surface area contributed by atoms with Crippen LogP contribution in [0.4, 0.5) is 0 Å². The van der Waals surface area contributed by atoms with E-state index in [0.717, 1.165) is 45.6 Å². The topological polar surface area (TPSA) is 21.7 Å². The molecular formula is C26H26Cl3NO2. The van der Waals surface area contributed by atoms with Crippen LogP contribution in [-0.2, 0) is 6.42 Å². The second kappa shape index (κ2) is 11.1. The zero-order valence-electron chi connectivity index (χ0n) is 18.1. The second-order valence-corrected chi connectivity index (χ2v) is 8.51. The van der Waals surface area contributed by atoms with E-state index in [1.165, 1.54) is 11.1 Å². The molecule has 1 unspecified atom stereocenters. The molecular weight excluding hydrogens is 465 g/mol. The minimum Gasteiger partial charge on any atom is -0.493 e. The molecule has 0 saturated carbocycles. The lowest BCUT2D eigenvalue weighted by molar-refractivity contribution is 0.234. The van der Waals surface area contributed by atoms with Gasteiger partial charge in [0.25, 0.3) is 0 Å². The molecule has 0 N–H and O–H groups in total. The van der Waals surface area contributed by atoms with Crippen molar-refractivity contribution in [1.29, 1.82) is 0 Å². The van der Waals surface area contributed by atoms with E-state index in [4.69, 9.17) is 32.7 Å². The summed E-state index contributed by atoms with van der Waals surface area (Å²) in [6, 6.07) is 22.4. The van der Waals surface area contributed by atoms with Crippen LogP contribution in [-0.4, -0.2) is 32.2 Å². The lowest BCUT2D eigenvalue weighted by atomic mass is 9.87. The maximum atomic E-state index is 6.71. The Kier molecular flexibility index (Phi) is 8.50. The Labute approximate surface area is 206 Å². The van der Waals surface area contributed by atoms with Crippen LogP contribution in [0.3, 0.4) is 0 Å². The standard InChI is InChI=1S/C26H25Cl2NO2.ClH/c1-30-24-15-19-11-12-29(17-22(28)13-18-7-4-3-5-8-18)26(23(19)16-25(24)31-2)20-9-6-10-21(27)14-20;/h3-10,13-16,26H,11-12,17H2,1-2H3;1H/b22-13-;. The number of halogens is 3. The lowest BCUT2D eigenvalue weighted by Gasteiger charge is -2.38. The highest BCUT2D eigenvalue weighted by Gasteiger charge is 2.30. The van der Waals surface area contributed by atoms with E-state index in [0.29, 0.717) is 6.54 Å². The van der Waals surface area contributed by atoms with Crippen molar-refractivity contribution in [1.82, 2.24) is 4.90 Å². The van der Waals surface area contributed by atoms with Crippen LogP contribution in [0, 0.1) is 0 Å². The summed E-state index contributed by atoms with van der Waals surface area (Å²) in [5.41, 5.74) is 4.66. The first kappa shape index (κ1) is 24.5. The van der Waals surface area contributed by atoms with Crippen LogP contribution < -0.4 is 9.47 Å². The van der Waals surface area contributed by atoms with Gasteiger partial charge in [0, 0.05) is 23.1 Å². The number of ether oxygens (including phenoxy) is 2. The minimum absolute atomic E-state index is 0. The molecule has 1 aliphatic rings. The third-order valence-corrected chi connectivity index (χ3v) is 6.08. The summed E-state index contributed by atoms with van der Waals surface area (Å²) in [4.78, 5) is 2.39. The molecule has 168 valence electrons. The molecule has 0 saturated heterocycles. The fraction of sp³-hybridized carbons (Fsp3) is 0.231. The number of methoxy groups -OCH3 is 2. The van der Waals surface area contributed by atoms with Gasteiger partial charge in [0.2, 0.25) is 0 Å². The Morgan fingerprint density at radius 1 is 1.00 bits per heavy atom. The van der Waals surface area contributed by atoms with E-state index >= 15 is 0 Å². The summed E-state index contributed by atoms with van der Waals surface area (Å²) >= 11 is 13.1. The molecule has 3 nitrogen and oxygen atoms in total. The van der Waals surface area contributed by atoms with Crippen molar-refractivity contribution in [3.8, 4) is 11.5 Å². The van der Waals surface area contributed by atoms with Gasteiger partial charge in [-0.05, 0) is 59.0 Å². The van der Waals surface area contributed by atoms with Gasteiger partial charge in [0.05, 0.1) is 20.3 Å². The molecule has 0 spiro atoms. The van der Waals surface area contributed by atoms with E-state index in [2.05, 4.69) is 35.2 Å². The third-order valence-electron chi connectivity index (χ3n) is 5.61. The molecule has 0 fully saturated rings. The summed E-state index contributed by atoms with van der Waals surface area (Å²) in [6.45, 7) is 1.51. The van der Waals surface area contributed by atoms with E-state index in [-0.39, 0.29) is 18.4 Å². The van der Waals surface area contributed by atoms with Gasteiger partial charge in [-0.3, -0.25) is 4.90 Å². The SMILES string of the molecule is COc1cc2c(cc1OC)C(c1cccc(Cl)c1)N(C/C(Cl)=C/c1ccccc1)CC2.Cl. The van der Waals surface area contributed by atoms with Crippen LogP contribution in [0.25, 0.3) is 6.08 Å². The molecule has 0 radical (unpaired) electrons. The van der Waals surface area contributed by atoms with Gasteiger partial charge in [-0.25, -0.2) is 0 Å². The monoisotopic (exact) mass is 489 g/mol. The predicted molar refractivity (Wildman–Crippen MR) is 136 cm³/mol. The summed E-state index contributed by atoms with van der Waals surface area (Å²) in [7, 11) is 3.33. The van der Waals surface area contributed by atoms with Gasteiger partial charge < -0.3 is 9.47 Å². The molecule has 0 bridgehead atoms. The summed E-state index contributed by atoms with van der Waals surface area (Å²) in [5, 5.41) is 1.51. The fourth-order valence-corrected chi connectivity index (χ4v) is 4.68. The molecule has 1 heterocycles. The highest BCUT2D eigenvalue weighted by molar-refractivity contribution is 6.31. The normalized spacial score (nSPS) is 16.1. The van der Waals surface area contributed by atoms with E-state index < -0.39 is 0 Å². The molecule has 6 heteroatoms. The summed E-state index contributed by atoms with van der Waals surface area (Å²) < 4.78 is 11.1. The number of hydrogen-bond acceptors (Lipinski definition) is 3. The van der Waals surface area contributed by atoms with Crippen molar-refractivity contribution in [3.05, 3.63) is 99.0 Å². The number of hydrogen-bond donors (Lipinski definition) is 0. The molecule has 0 aromatic heterocycles. The molecule has 3 aromatic carbocycles. The fourth-order valence-electron chi connectivity index (χ4n) is 4.20. The minimum atomic E-state index is 0. The average Bonchev–Trinajstić information content (AvgIpc) is 2.78. The van der Waals surface area contributed by atoms with Crippen molar-refractivity contribution < 1.29 is 9.47 Å². The summed E-state index contributed by atoms with van der Waals surface area (Å²) in [6.07, 6.45) is 2.93. The van der Waals surface area contributed by atoms with Crippen molar-refractivity contribution in [2.45, 2.75) is 12.5 Å². The first-order valence-electron chi connectivity index (χ1n) is 10.2. The number of benzene rings is 3. The predicted octanol–water partition coefficient (Wildman–Crippen LogP) is 7.01. The van der Waals surface area contributed by atoms with E-state index in [9.17, 15) is 0 Å². The largest absolute Gasteiger partial charge is 0.493 e. The maximum Gasteiger partial charge on any atom is 0.161 e. The van der Waals surface area contributed by atoms with E-state index in [1.54, 1.807) is 14.2 Å². The highest BCUT2D eigenvalue weighted by Crippen LogP contribution is 2.41. The Morgan fingerprint density at radius 3 is 2.41 bits per heavy atom. The molecule has 32 heavy (non-hydrogen) atoms. The molecule has 3 aromatic rings. The third kappa shape index (κ3) is 5.41. The van der Waals surface area contributed by atoms with Gasteiger partial charge in [-0.2, -0.15) is 0 Å². The number of nitrogens with zero attached hydrogens (tertiary/aromatic N) is 1. The van der Waals surface area contributed by atoms with Gasteiger partial charge in [0.1, 0.15) is 0 Å². The van der Waals surface area contributed by atoms with Crippen molar-refractivity contribution >= 4 is 41.7 Å². The zero-order valence-corrected chi connectivity index (χ0v) is 20.4. The van der Waals surface area contributed by atoms with Gasteiger partial charge >= 0.3 is 0 Å². The van der Waals surface area contributed by atoms with Crippen LogP contribution in [0.5, 0.6) is 11.5 Å². The van der Waals surface area contributed by atoms with Gasteiger partial charge in [-0.15, -0.1) is 12.4 Å². The average molecular weight is 491 g/mol. The first-order valence-corrected chi connectivity index (χ1v) is 11.0. The molecule has 0 amide bonds. The summed E-state index contributed by atoms with van der Waals surface area (Å²) in [5.74, 6) is 1.47.